The summed E-state index contributed by atoms with van der Waals surface area (Å²) in [6, 6.07) is 5.20. The fourth-order valence-corrected chi connectivity index (χ4v) is 1.60. The Morgan fingerprint density at radius 2 is 1.81 bits per heavy atom. The van der Waals surface area contributed by atoms with Crippen molar-refractivity contribution in [2.45, 2.75) is 12.7 Å². The van der Waals surface area contributed by atoms with Crippen LogP contribution in [0.2, 0.25) is 5.02 Å². The van der Waals surface area contributed by atoms with Crippen LogP contribution in [-0.4, -0.2) is 41.3 Å². The number of carbonyl (C=O) groups is 2. The third-order valence-corrected chi connectivity index (χ3v) is 2.59. The van der Waals surface area contributed by atoms with Gasteiger partial charge in [0, 0.05) is 11.6 Å². The largest absolute Gasteiger partial charge is 0.480 e. The number of carboxylic acid groups (broad SMARTS) is 1. The van der Waals surface area contributed by atoms with Crippen LogP contribution in [-0.2, 0) is 11.3 Å². The van der Waals surface area contributed by atoms with Gasteiger partial charge in [-0.05, 0) is 17.7 Å². The molecule has 5 nitrogen and oxygen atoms in total. The second-order valence-corrected chi connectivity index (χ2v) is 4.59. The fraction of sp³-hybridized carbons (Fsp3) is 0.333. The Hall–Kier alpha value is -1.96. The summed E-state index contributed by atoms with van der Waals surface area (Å²) in [5, 5.41) is 11.2. The SMILES string of the molecule is O=C(O)CN(CC(F)(F)F)C(=O)NCc1ccc(Cl)cc1. The number of amides is 2. The highest BCUT2D eigenvalue weighted by Gasteiger charge is 2.33. The van der Waals surface area contributed by atoms with Gasteiger partial charge in [0.25, 0.3) is 0 Å². The third kappa shape index (κ3) is 6.84. The van der Waals surface area contributed by atoms with Crippen LogP contribution in [0.25, 0.3) is 0 Å². The van der Waals surface area contributed by atoms with E-state index in [1.165, 1.54) is 0 Å². The molecule has 21 heavy (non-hydrogen) atoms. The van der Waals surface area contributed by atoms with Gasteiger partial charge in [0.1, 0.15) is 13.1 Å². The quantitative estimate of drug-likeness (QED) is 0.874. The monoisotopic (exact) mass is 324 g/mol. The van der Waals surface area contributed by atoms with Crippen molar-refractivity contribution in [1.29, 1.82) is 0 Å². The van der Waals surface area contributed by atoms with Crippen molar-refractivity contribution in [2.75, 3.05) is 13.1 Å². The lowest BCUT2D eigenvalue weighted by Crippen LogP contribution is -2.46. The number of benzene rings is 1. The summed E-state index contributed by atoms with van der Waals surface area (Å²) in [6.45, 7) is -2.71. The Kier molecular flexibility index (Phi) is 5.83. The molecule has 0 radical (unpaired) electrons. The van der Waals surface area contributed by atoms with E-state index in [9.17, 15) is 22.8 Å². The predicted molar refractivity (Wildman–Crippen MR) is 69.0 cm³/mol. The summed E-state index contributed by atoms with van der Waals surface area (Å²) in [4.78, 5) is 22.3. The Labute approximate surface area is 123 Å². The lowest BCUT2D eigenvalue weighted by Gasteiger charge is -2.22. The number of alkyl halides is 3. The van der Waals surface area contributed by atoms with Crippen LogP contribution in [0.1, 0.15) is 5.56 Å². The molecule has 0 aliphatic heterocycles. The van der Waals surface area contributed by atoms with Crippen LogP contribution in [0.3, 0.4) is 0 Å². The highest BCUT2D eigenvalue weighted by Crippen LogP contribution is 2.16. The lowest BCUT2D eigenvalue weighted by molar-refractivity contribution is -0.148. The molecule has 0 saturated carbocycles. The Morgan fingerprint density at radius 3 is 2.29 bits per heavy atom. The topological polar surface area (TPSA) is 69.6 Å². The molecule has 1 rings (SSSR count). The zero-order valence-corrected chi connectivity index (χ0v) is 11.4. The molecule has 9 heteroatoms. The number of aliphatic carboxylic acids is 1. The predicted octanol–water partition coefficient (Wildman–Crippen LogP) is 2.50. The minimum atomic E-state index is -4.67. The van der Waals surface area contributed by atoms with Gasteiger partial charge in [-0.1, -0.05) is 23.7 Å². The van der Waals surface area contributed by atoms with E-state index in [-0.39, 0.29) is 11.4 Å². The molecule has 0 unspecified atom stereocenters. The molecule has 2 amide bonds. The van der Waals surface area contributed by atoms with Gasteiger partial charge >= 0.3 is 18.2 Å². The first kappa shape index (κ1) is 17.1. The maximum atomic E-state index is 12.3. The first-order valence-electron chi connectivity index (χ1n) is 5.73. The van der Waals surface area contributed by atoms with E-state index in [0.29, 0.717) is 10.6 Å². The number of rotatable bonds is 5. The molecular formula is C12H12ClF3N2O3. The molecule has 2 N–H and O–H groups in total. The van der Waals surface area contributed by atoms with Gasteiger partial charge < -0.3 is 15.3 Å². The number of carboxylic acids is 1. The van der Waals surface area contributed by atoms with Crippen molar-refractivity contribution in [3.8, 4) is 0 Å². The zero-order chi connectivity index (χ0) is 16.0. The van der Waals surface area contributed by atoms with Crippen LogP contribution in [0.5, 0.6) is 0 Å². The molecule has 0 aliphatic carbocycles. The summed E-state index contributed by atoms with van der Waals surface area (Å²) in [6.07, 6.45) is -4.67. The Bertz CT molecular complexity index is 505. The molecule has 0 aromatic heterocycles. The average molecular weight is 325 g/mol. The minimum absolute atomic E-state index is 0.0377. The average Bonchev–Trinajstić information content (AvgIpc) is 2.34. The first-order chi connectivity index (χ1) is 9.67. The maximum Gasteiger partial charge on any atom is 0.406 e. The van der Waals surface area contributed by atoms with Gasteiger partial charge in [-0.15, -0.1) is 0 Å². The van der Waals surface area contributed by atoms with Gasteiger partial charge in [-0.2, -0.15) is 13.2 Å². The smallest absolute Gasteiger partial charge is 0.406 e. The molecule has 0 aliphatic rings. The maximum absolute atomic E-state index is 12.3. The summed E-state index contributed by atoms with van der Waals surface area (Å²) in [5.74, 6) is -1.53. The van der Waals surface area contributed by atoms with Crippen molar-refractivity contribution in [2.24, 2.45) is 0 Å². The number of hydrogen-bond donors (Lipinski definition) is 2. The van der Waals surface area contributed by atoms with Crippen LogP contribution in [0.4, 0.5) is 18.0 Å². The highest BCUT2D eigenvalue weighted by atomic mass is 35.5. The van der Waals surface area contributed by atoms with Crippen molar-refractivity contribution in [1.82, 2.24) is 10.2 Å². The number of nitrogens with zero attached hydrogens (tertiary/aromatic N) is 1. The van der Waals surface area contributed by atoms with E-state index < -0.39 is 31.3 Å². The molecule has 0 heterocycles. The fourth-order valence-electron chi connectivity index (χ4n) is 1.47. The van der Waals surface area contributed by atoms with Gasteiger partial charge in [0.2, 0.25) is 0 Å². The van der Waals surface area contributed by atoms with E-state index in [2.05, 4.69) is 5.32 Å². The Morgan fingerprint density at radius 1 is 1.24 bits per heavy atom. The van der Waals surface area contributed by atoms with Crippen molar-refractivity contribution in [3.63, 3.8) is 0 Å². The zero-order valence-electron chi connectivity index (χ0n) is 10.7. The summed E-state index contributed by atoms with van der Waals surface area (Å²) in [7, 11) is 0. The Balaban J connectivity index is 2.63. The van der Waals surface area contributed by atoms with Crippen molar-refractivity contribution >= 4 is 23.6 Å². The standard InChI is InChI=1S/C12H12ClF3N2O3/c13-9-3-1-8(2-4-9)5-17-11(21)18(6-10(19)20)7-12(14,15)16/h1-4H,5-7H2,(H,17,21)(H,19,20). The molecule has 116 valence electrons. The van der Waals surface area contributed by atoms with Crippen LogP contribution in [0.15, 0.2) is 24.3 Å². The normalized spacial score (nSPS) is 11.0. The summed E-state index contributed by atoms with van der Waals surface area (Å²) in [5.41, 5.74) is 0.620. The number of nitrogens with one attached hydrogen (secondary N) is 1. The van der Waals surface area contributed by atoms with Crippen LogP contribution < -0.4 is 5.32 Å². The number of hydrogen-bond acceptors (Lipinski definition) is 2. The molecule has 0 spiro atoms. The van der Waals surface area contributed by atoms with Crippen LogP contribution in [0, 0.1) is 0 Å². The molecule has 0 fully saturated rings. The number of halogens is 4. The van der Waals surface area contributed by atoms with E-state index in [0.717, 1.165) is 0 Å². The molecule has 1 aromatic rings. The van der Waals surface area contributed by atoms with Gasteiger partial charge in [0.15, 0.2) is 0 Å². The van der Waals surface area contributed by atoms with E-state index in [1.54, 1.807) is 24.3 Å². The second-order valence-electron chi connectivity index (χ2n) is 4.15. The van der Waals surface area contributed by atoms with Crippen molar-refractivity contribution in [3.05, 3.63) is 34.9 Å². The highest BCUT2D eigenvalue weighted by molar-refractivity contribution is 6.30. The van der Waals surface area contributed by atoms with Gasteiger partial charge in [0.05, 0.1) is 0 Å². The number of carbonyl (C=O) groups excluding carboxylic acids is 1. The first-order valence-corrected chi connectivity index (χ1v) is 6.11. The number of urea groups is 1. The van der Waals surface area contributed by atoms with Gasteiger partial charge in [-0.3, -0.25) is 4.79 Å². The molecule has 0 atom stereocenters. The van der Waals surface area contributed by atoms with E-state index >= 15 is 0 Å². The minimum Gasteiger partial charge on any atom is -0.480 e. The molecule has 0 bridgehead atoms. The molecule has 0 saturated heterocycles. The van der Waals surface area contributed by atoms with E-state index in [1.807, 2.05) is 0 Å². The lowest BCUT2D eigenvalue weighted by atomic mass is 10.2. The second kappa shape index (κ2) is 7.16. The van der Waals surface area contributed by atoms with Gasteiger partial charge in [-0.25, -0.2) is 4.79 Å². The van der Waals surface area contributed by atoms with E-state index in [4.69, 9.17) is 16.7 Å². The molecule has 1 aromatic carbocycles. The summed E-state index contributed by atoms with van der Waals surface area (Å²) >= 11 is 5.67. The van der Waals surface area contributed by atoms with Crippen molar-refractivity contribution < 1.29 is 27.9 Å². The molecular weight excluding hydrogens is 313 g/mol. The third-order valence-electron chi connectivity index (χ3n) is 2.34. The summed E-state index contributed by atoms with van der Waals surface area (Å²) < 4.78 is 36.9. The van der Waals surface area contributed by atoms with Crippen LogP contribution >= 0.6 is 11.6 Å².